The maximum absolute atomic E-state index is 12.3. The molecule has 0 aliphatic heterocycles. The van der Waals surface area contributed by atoms with Crippen LogP contribution in [0.15, 0.2) is 6.33 Å². The minimum atomic E-state index is -0.337. The first-order chi connectivity index (χ1) is 9.54. The lowest BCUT2D eigenvalue weighted by Crippen LogP contribution is -2.41. The predicted molar refractivity (Wildman–Crippen MR) is 82.0 cm³/mol. The molecule has 0 aliphatic rings. The van der Waals surface area contributed by atoms with E-state index in [9.17, 15) is 4.79 Å². The standard InChI is InChI=1S/C14H23ClN4O/c1-5-8-11-12(15)16-9-17-13(11)18-10(4)14(20)19(6-2)7-3/h9-10H,5-8H2,1-4H3,(H,16,17,18). The molecule has 1 atom stereocenters. The van der Waals surface area contributed by atoms with E-state index in [1.54, 1.807) is 4.90 Å². The van der Waals surface area contributed by atoms with E-state index in [-0.39, 0.29) is 11.9 Å². The molecule has 0 spiro atoms. The largest absolute Gasteiger partial charge is 0.358 e. The molecule has 1 unspecified atom stereocenters. The third-order valence-electron chi connectivity index (χ3n) is 3.19. The molecule has 6 heteroatoms. The van der Waals surface area contributed by atoms with E-state index < -0.39 is 0 Å². The highest BCUT2D eigenvalue weighted by molar-refractivity contribution is 6.30. The number of amides is 1. The van der Waals surface area contributed by atoms with Crippen LogP contribution in [0, 0.1) is 0 Å². The second kappa shape index (κ2) is 8.04. The summed E-state index contributed by atoms with van der Waals surface area (Å²) in [4.78, 5) is 22.3. The quantitative estimate of drug-likeness (QED) is 0.786. The molecule has 0 saturated carbocycles. The summed E-state index contributed by atoms with van der Waals surface area (Å²) in [5.41, 5.74) is 0.871. The molecule has 0 aliphatic carbocycles. The number of carbonyl (C=O) groups excluding carboxylic acids is 1. The Morgan fingerprint density at radius 3 is 2.55 bits per heavy atom. The summed E-state index contributed by atoms with van der Waals surface area (Å²) in [6, 6.07) is -0.337. The summed E-state index contributed by atoms with van der Waals surface area (Å²) >= 11 is 6.10. The molecule has 1 rings (SSSR count). The van der Waals surface area contributed by atoms with Gasteiger partial charge in [0.25, 0.3) is 0 Å². The SMILES string of the molecule is CCCc1c(Cl)ncnc1NC(C)C(=O)N(CC)CC. The zero-order chi connectivity index (χ0) is 15.1. The third kappa shape index (κ3) is 4.07. The van der Waals surface area contributed by atoms with Crippen LogP contribution < -0.4 is 5.32 Å². The number of hydrogen-bond donors (Lipinski definition) is 1. The van der Waals surface area contributed by atoms with Crippen molar-refractivity contribution in [2.75, 3.05) is 18.4 Å². The fourth-order valence-electron chi connectivity index (χ4n) is 2.06. The van der Waals surface area contributed by atoms with Crippen LogP contribution in [0.2, 0.25) is 5.15 Å². The second-order valence-corrected chi connectivity index (χ2v) is 4.98. The molecule has 0 saturated heterocycles. The molecule has 1 amide bonds. The first-order valence-electron chi connectivity index (χ1n) is 7.09. The number of rotatable bonds is 7. The summed E-state index contributed by atoms with van der Waals surface area (Å²) < 4.78 is 0. The topological polar surface area (TPSA) is 58.1 Å². The number of halogens is 1. The Labute approximate surface area is 125 Å². The fraction of sp³-hybridized carbons (Fsp3) is 0.643. The number of anilines is 1. The summed E-state index contributed by atoms with van der Waals surface area (Å²) in [6.45, 7) is 9.25. The molecular weight excluding hydrogens is 276 g/mol. The third-order valence-corrected chi connectivity index (χ3v) is 3.52. The van der Waals surface area contributed by atoms with Gasteiger partial charge in [0.1, 0.15) is 23.3 Å². The summed E-state index contributed by atoms with van der Waals surface area (Å²) in [5.74, 6) is 0.715. The Morgan fingerprint density at radius 2 is 2.00 bits per heavy atom. The average molecular weight is 299 g/mol. The lowest BCUT2D eigenvalue weighted by Gasteiger charge is -2.24. The molecule has 1 N–H and O–H groups in total. The van der Waals surface area contributed by atoms with Gasteiger partial charge in [0, 0.05) is 18.7 Å². The first-order valence-corrected chi connectivity index (χ1v) is 7.47. The monoisotopic (exact) mass is 298 g/mol. The Hall–Kier alpha value is -1.36. The number of aromatic nitrogens is 2. The predicted octanol–water partition coefficient (Wildman–Crippen LogP) is 2.75. The van der Waals surface area contributed by atoms with Crippen molar-refractivity contribution in [1.29, 1.82) is 0 Å². The molecule has 0 aromatic carbocycles. The second-order valence-electron chi connectivity index (χ2n) is 4.62. The molecule has 5 nitrogen and oxygen atoms in total. The van der Waals surface area contributed by atoms with Gasteiger partial charge in [-0.1, -0.05) is 24.9 Å². The van der Waals surface area contributed by atoms with Gasteiger partial charge in [-0.2, -0.15) is 0 Å². The van der Waals surface area contributed by atoms with Crippen LogP contribution in [-0.2, 0) is 11.2 Å². The Kier molecular flexibility index (Phi) is 6.71. The van der Waals surface area contributed by atoms with Gasteiger partial charge in [-0.15, -0.1) is 0 Å². The minimum absolute atomic E-state index is 0.0622. The molecule has 1 heterocycles. The Bertz CT molecular complexity index is 449. The fourth-order valence-corrected chi connectivity index (χ4v) is 2.29. The Balaban J connectivity index is 2.87. The number of hydrogen-bond acceptors (Lipinski definition) is 4. The van der Waals surface area contributed by atoms with Gasteiger partial charge < -0.3 is 10.2 Å². The van der Waals surface area contributed by atoms with E-state index >= 15 is 0 Å². The van der Waals surface area contributed by atoms with Crippen molar-refractivity contribution in [3.8, 4) is 0 Å². The number of carbonyl (C=O) groups is 1. The number of likely N-dealkylation sites (N-methyl/N-ethyl adjacent to an activating group) is 1. The van der Waals surface area contributed by atoms with Gasteiger partial charge in [0.05, 0.1) is 0 Å². The maximum Gasteiger partial charge on any atom is 0.244 e. The zero-order valence-corrected chi connectivity index (χ0v) is 13.4. The van der Waals surface area contributed by atoms with Crippen molar-refractivity contribution in [2.24, 2.45) is 0 Å². The van der Waals surface area contributed by atoms with Gasteiger partial charge in [-0.3, -0.25) is 4.79 Å². The molecule has 20 heavy (non-hydrogen) atoms. The Morgan fingerprint density at radius 1 is 1.35 bits per heavy atom. The normalized spacial score (nSPS) is 12.1. The first kappa shape index (κ1) is 16.7. The van der Waals surface area contributed by atoms with E-state index in [0.717, 1.165) is 18.4 Å². The van der Waals surface area contributed by atoms with E-state index in [4.69, 9.17) is 11.6 Å². The van der Waals surface area contributed by atoms with E-state index in [1.807, 2.05) is 20.8 Å². The average Bonchev–Trinajstić information content (AvgIpc) is 2.43. The molecule has 0 radical (unpaired) electrons. The van der Waals surface area contributed by atoms with Crippen molar-refractivity contribution < 1.29 is 4.79 Å². The smallest absolute Gasteiger partial charge is 0.244 e. The molecule has 1 aromatic heterocycles. The van der Waals surface area contributed by atoms with Crippen molar-refractivity contribution in [3.63, 3.8) is 0 Å². The van der Waals surface area contributed by atoms with Crippen LogP contribution >= 0.6 is 11.6 Å². The minimum Gasteiger partial charge on any atom is -0.358 e. The van der Waals surface area contributed by atoms with Crippen LogP contribution in [-0.4, -0.2) is 39.9 Å². The van der Waals surface area contributed by atoms with Gasteiger partial charge in [-0.05, 0) is 27.2 Å². The highest BCUT2D eigenvalue weighted by Gasteiger charge is 2.20. The van der Waals surface area contributed by atoms with Crippen molar-refractivity contribution >= 4 is 23.3 Å². The highest BCUT2D eigenvalue weighted by Crippen LogP contribution is 2.22. The number of nitrogens with zero attached hydrogens (tertiary/aromatic N) is 3. The maximum atomic E-state index is 12.3. The van der Waals surface area contributed by atoms with E-state index in [0.29, 0.717) is 24.1 Å². The van der Waals surface area contributed by atoms with Crippen molar-refractivity contribution in [3.05, 3.63) is 17.0 Å². The molecule has 112 valence electrons. The van der Waals surface area contributed by atoms with Crippen LogP contribution in [0.25, 0.3) is 0 Å². The molecule has 1 aromatic rings. The van der Waals surface area contributed by atoms with Crippen molar-refractivity contribution in [1.82, 2.24) is 14.9 Å². The highest BCUT2D eigenvalue weighted by atomic mass is 35.5. The van der Waals surface area contributed by atoms with Gasteiger partial charge >= 0.3 is 0 Å². The van der Waals surface area contributed by atoms with Crippen molar-refractivity contribution in [2.45, 2.75) is 46.6 Å². The van der Waals surface area contributed by atoms with Crippen LogP contribution in [0.5, 0.6) is 0 Å². The lowest BCUT2D eigenvalue weighted by atomic mass is 10.1. The summed E-state index contributed by atoms with van der Waals surface area (Å²) in [5, 5.41) is 3.61. The van der Waals surface area contributed by atoms with Crippen LogP contribution in [0.4, 0.5) is 5.82 Å². The molecular formula is C14H23ClN4O. The van der Waals surface area contributed by atoms with Crippen LogP contribution in [0.3, 0.4) is 0 Å². The molecule has 0 fully saturated rings. The van der Waals surface area contributed by atoms with Gasteiger partial charge in [0.15, 0.2) is 0 Å². The zero-order valence-electron chi connectivity index (χ0n) is 12.6. The molecule has 0 bridgehead atoms. The van der Waals surface area contributed by atoms with E-state index in [2.05, 4.69) is 22.2 Å². The van der Waals surface area contributed by atoms with Gasteiger partial charge in [-0.25, -0.2) is 9.97 Å². The van der Waals surface area contributed by atoms with E-state index in [1.165, 1.54) is 6.33 Å². The number of nitrogens with one attached hydrogen (secondary N) is 1. The lowest BCUT2D eigenvalue weighted by molar-refractivity contribution is -0.131. The van der Waals surface area contributed by atoms with Gasteiger partial charge in [0.2, 0.25) is 5.91 Å². The van der Waals surface area contributed by atoms with Crippen LogP contribution in [0.1, 0.15) is 39.7 Å². The summed E-state index contributed by atoms with van der Waals surface area (Å²) in [6.07, 6.45) is 3.15. The summed E-state index contributed by atoms with van der Waals surface area (Å²) in [7, 11) is 0.